The van der Waals surface area contributed by atoms with Crippen molar-refractivity contribution in [3.05, 3.63) is 34.9 Å². The molecule has 19 heavy (non-hydrogen) atoms. The van der Waals surface area contributed by atoms with E-state index in [0.717, 1.165) is 11.3 Å². The number of sulfonamides is 1. The molecule has 2 rings (SSSR count). The third-order valence-corrected chi connectivity index (χ3v) is 5.86. The molecule has 0 unspecified atom stereocenters. The van der Waals surface area contributed by atoms with Crippen molar-refractivity contribution >= 4 is 38.6 Å². The normalized spacial score (nSPS) is 11.5. The van der Waals surface area contributed by atoms with E-state index in [4.69, 9.17) is 11.6 Å². The van der Waals surface area contributed by atoms with Gasteiger partial charge >= 0.3 is 0 Å². The number of thiazole rings is 1. The summed E-state index contributed by atoms with van der Waals surface area (Å²) in [4.78, 5) is 3.74. The molecule has 1 N–H and O–H groups in total. The molecule has 0 spiro atoms. The third kappa shape index (κ3) is 2.83. The minimum absolute atomic E-state index is 0.00786. The van der Waals surface area contributed by atoms with E-state index in [0.29, 0.717) is 5.69 Å². The summed E-state index contributed by atoms with van der Waals surface area (Å²) >= 11 is 6.57. The van der Waals surface area contributed by atoms with Gasteiger partial charge in [-0.15, -0.1) is 0 Å². The molecule has 1 aromatic carbocycles. The number of benzene rings is 1. The van der Waals surface area contributed by atoms with Crippen LogP contribution in [0.15, 0.2) is 34.7 Å². The molecule has 1 heterocycles. The first-order valence-electron chi connectivity index (χ1n) is 5.38. The first kappa shape index (κ1) is 14.1. The summed E-state index contributed by atoms with van der Waals surface area (Å²) in [6.07, 6.45) is 1.23. The van der Waals surface area contributed by atoms with Crippen LogP contribution in [-0.2, 0) is 10.0 Å². The van der Waals surface area contributed by atoms with Gasteiger partial charge in [-0.2, -0.15) is 0 Å². The van der Waals surface area contributed by atoms with Gasteiger partial charge in [0.1, 0.15) is 5.75 Å². The van der Waals surface area contributed by atoms with Crippen LogP contribution in [0.2, 0.25) is 4.47 Å². The summed E-state index contributed by atoms with van der Waals surface area (Å²) in [5, 5.41) is 9.45. The number of halogens is 1. The van der Waals surface area contributed by atoms with Crippen molar-refractivity contribution in [2.24, 2.45) is 0 Å². The third-order valence-electron chi connectivity index (χ3n) is 2.41. The average Bonchev–Trinajstić information content (AvgIpc) is 2.77. The number of rotatable bonds is 4. The van der Waals surface area contributed by atoms with Gasteiger partial charge in [0.2, 0.25) is 0 Å². The Bertz CT molecular complexity index is 685. The summed E-state index contributed by atoms with van der Waals surface area (Å²) in [7, 11) is -3.71. The Morgan fingerprint density at radius 1 is 1.47 bits per heavy atom. The van der Waals surface area contributed by atoms with E-state index in [1.54, 1.807) is 19.1 Å². The van der Waals surface area contributed by atoms with Crippen molar-refractivity contribution in [3.8, 4) is 5.75 Å². The van der Waals surface area contributed by atoms with Crippen LogP contribution < -0.4 is 4.31 Å². The Morgan fingerprint density at radius 2 is 2.21 bits per heavy atom. The lowest BCUT2D eigenvalue weighted by atomic mass is 10.3. The lowest BCUT2D eigenvalue weighted by Crippen LogP contribution is -2.30. The van der Waals surface area contributed by atoms with Crippen molar-refractivity contribution < 1.29 is 13.5 Å². The van der Waals surface area contributed by atoms with Gasteiger partial charge in [-0.3, -0.25) is 4.31 Å². The van der Waals surface area contributed by atoms with E-state index < -0.39 is 10.0 Å². The number of hydrogen-bond donors (Lipinski definition) is 1. The van der Waals surface area contributed by atoms with E-state index in [-0.39, 0.29) is 21.0 Å². The van der Waals surface area contributed by atoms with Gasteiger partial charge in [-0.25, -0.2) is 13.4 Å². The highest BCUT2D eigenvalue weighted by molar-refractivity contribution is 7.94. The molecule has 0 aliphatic heterocycles. The average molecular weight is 319 g/mol. The molecule has 0 amide bonds. The van der Waals surface area contributed by atoms with Crippen molar-refractivity contribution in [3.63, 3.8) is 0 Å². The molecule has 0 saturated heterocycles. The Labute approximate surface area is 120 Å². The second kappa shape index (κ2) is 5.36. The Balaban J connectivity index is 2.47. The predicted molar refractivity (Wildman–Crippen MR) is 75.4 cm³/mol. The van der Waals surface area contributed by atoms with Crippen molar-refractivity contribution in [1.29, 1.82) is 0 Å². The van der Waals surface area contributed by atoms with Crippen LogP contribution in [-0.4, -0.2) is 25.1 Å². The smallest absolute Gasteiger partial charge is 0.275 e. The molecule has 0 aliphatic carbocycles. The van der Waals surface area contributed by atoms with Gasteiger partial charge in [0.15, 0.2) is 8.68 Å². The van der Waals surface area contributed by atoms with Crippen molar-refractivity contribution in [2.75, 3.05) is 10.8 Å². The SMILES string of the molecule is CCN(c1cccc(O)c1)S(=O)(=O)c1cnc(Cl)s1. The highest BCUT2D eigenvalue weighted by Crippen LogP contribution is 2.30. The second-order valence-corrected chi connectivity index (χ2v) is 7.32. The summed E-state index contributed by atoms with van der Waals surface area (Å²) in [5.41, 5.74) is 0.395. The first-order valence-corrected chi connectivity index (χ1v) is 8.01. The second-order valence-electron chi connectivity index (χ2n) is 3.62. The fourth-order valence-corrected chi connectivity index (χ4v) is 4.48. The fourth-order valence-electron chi connectivity index (χ4n) is 1.61. The molecule has 0 bridgehead atoms. The van der Waals surface area contributed by atoms with Crippen LogP contribution >= 0.6 is 22.9 Å². The number of phenols is 1. The van der Waals surface area contributed by atoms with Crippen LogP contribution in [0.25, 0.3) is 0 Å². The quantitative estimate of drug-likeness (QED) is 0.941. The zero-order chi connectivity index (χ0) is 14.0. The standard InChI is InChI=1S/C11H11ClN2O3S2/c1-2-14(8-4-3-5-9(15)6-8)19(16,17)10-7-13-11(12)18-10/h3-7,15H,2H2,1H3. The zero-order valence-corrected chi connectivity index (χ0v) is 12.3. The topological polar surface area (TPSA) is 70.5 Å². The van der Waals surface area contributed by atoms with Crippen LogP contribution in [0.1, 0.15) is 6.92 Å². The zero-order valence-electron chi connectivity index (χ0n) is 9.95. The van der Waals surface area contributed by atoms with Crippen LogP contribution in [0.4, 0.5) is 5.69 Å². The highest BCUT2D eigenvalue weighted by Gasteiger charge is 2.26. The van der Waals surface area contributed by atoms with Crippen molar-refractivity contribution in [2.45, 2.75) is 11.1 Å². The molecule has 0 fully saturated rings. The molecular weight excluding hydrogens is 308 g/mol. The van der Waals surface area contributed by atoms with Crippen LogP contribution in [0.3, 0.4) is 0 Å². The van der Waals surface area contributed by atoms with Gasteiger partial charge in [0.05, 0.1) is 11.9 Å². The molecule has 8 heteroatoms. The molecule has 5 nitrogen and oxygen atoms in total. The van der Waals surface area contributed by atoms with Gasteiger partial charge < -0.3 is 5.11 Å². The molecule has 0 radical (unpaired) electrons. The molecule has 1 aromatic heterocycles. The van der Waals surface area contributed by atoms with Gasteiger partial charge in [-0.1, -0.05) is 29.0 Å². The number of anilines is 1. The molecule has 2 aromatic rings. The summed E-state index contributed by atoms with van der Waals surface area (Å²) in [6, 6.07) is 6.07. The van der Waals surface area contributed by atoms with Gasteiger partial charge in [0.25, 0.3) is 10.0 Å². The van der Waals surface area contributed by atoms with Gasteiger partial charge in [-0.05, 0) is 19.1 Å². The van der Waals surface area contributed by atoms with Crippen molar-refractivity contribution in [1.82, 2.24) is 4.98 Å². The minimum atomic E-state index is -3.71. The lowest BCUT2D eigenvalue weighted by Gasteiger charge is -2.21. The van der Waals surface area contributed by atoms with E-state index in [1.165, 1.54) is 22.6 Å². The van der Waals surface area contributed by atoms with E-state index in [9.17, 15) is 13.5 Å². The number of nitrogens with zero attached hydrogens (tertiary/aromatic N) is 2. The minimum Gasteiger partial charge on any atom is -0.508 e. The Morgan fingerprint density at radius 3 is 2.74 bits per heavy atom. The fraction of sp³-hybridized carbons (Fsp3) is 0.182. The summed E-state index contributed by atoms with van der Waals surface area (Å²) < 4.78 is 26.3. The first-order chi connectivity index (χ1) is 8.95. The summed E-state index contributed by atoms with van der Waals surface area (Å²) in [5.74, 6) is 0.00786. The maximum Gasteiger partial charge on any atom is 0.275 e. The van der Waals surface area contributed by atoms with E-state index in [2.05, 4.69) is 4.98 Å². The van der Waals surface area contributed by atoms with E-state index >= 15 is 0 Å². The van der Waals surface area contributed by atoms with Crippen LogP contribution in [0.5, 0.6) is 5.75 Å². The molecule has 0 atom stereocenters. The number of aromatic nitrogens is 1. The Kier molecular flexibility index (Phi) is 3.98. The maximum atomic E-state index is 12.4. The number of hydrogen-bond acceptors (Lipinski definition) is 5. The molecule has 0 saturated carbocycles. The largest absolute Gasteiger partial charge is 0.508 e. The number of phenolic OH excluding ortho intramolecular Hbond substituents is 1. The highest BCUT2D eigenvalue weighted by atomic mass is 35.5. The summed E-state index contributed by atoms with van der Waals surface area (Å²) in [6.45, 7) is 1.95. The van der Waals surface area contributed by atoms with Gasteiger partial charge in [0, 0.05) is 12.6 Å². The lowest BCUT2D eigenvalue weighted by molar-refractivity contribution is 0.475. The number of aromatic hydroxyl groups is 1. The maximum absolute atomic E-state index is 12.4. The monoisotopic (exact) mass is 318 g/mol. The molecular formula is C11H11ClN2O3S2. The van der Waals surface area contributed by atoms with Crippen LogP contribution in [0, 0.1) is 0 Å². The Hall–Kier alpha value is -1.31. The van der Waals surface area contributed by atoms with E-state index in [1.807, 2.05) is 0 Å². The predicted octanol–water partition coefficient (Wildman–Crippen LogP) is 2.72. The molecule has 102 valence electrons. The molecule has 0 aliphatic rings.